The van der Waals surface area contributed by atoms with Crippen molar-refractivity contribution in [3.05, 3.63) is 0 Å². The van der Waals surface area contributed by atoms with Gasteiger partial charge >= 0.3 is 0 Å². The van der Waals surface area contributed by atoms with Gasteiger partial charge < -0.3 is 11.1 Å². The summed E-state index contributed by atoms with van der Waals surface area (Å²) < 4.78 is 0. The molecule has 0 spiro atoms. The summed E-state index contributed by atoms with van der Waals surface area (Å²) in [5.74, 6) is 0. The molecule has 0 saturated carbocycles. The molecule has 0 amide bonds. The number of piperazine rings is 1. The fourth-order valence-electron chi connectivity index (χ4n) is 2.61. The molecular weight excluding hydrogens is 150 g/mol. The van der Waals surface area contributed by atoms with Gasteiger partial charge in [0.05, 0.1) is 0 Å². The van der Waals surface area contributed by atoms with Gasteiger partial charge in [-0.05, 0) is 13.3 Å². The lowest BCUT2D eigenvalue weighted by molar-refractivity contribution is -0.00805. The van der Waals surface area contributed by atoms with Gasteiger partial charge in [-0.25, -0.2) is 0 Å². The van der Waals surface area contributed by atoms with Crippen LogP contribution in [0.2, 0.25) is 0 Å². The van der Waals surface area contributed by atoms with Crippen LogP contribution in [0.25, 0.3) is 0 Å². The topological polar surface area (TPSA) is 41.3 Å². The standard InChI is InChI=1S/C9H19N3/c1-3-8-9-7(10)5-12(9)4-6(2)11-8/h6-9,11H,3-5,10H2,1-2H3. The third kappa shape index (κ3) is 1.16. The minimum Gasteiger partial charge on any atom is -0.325 e. The van der Waals surface area contributed by atoms with E-state index >= 15 is 0 Å². The normalized spacial score (nSPS) is 48.2. The number of hydrogen-bond acceptors (Lipinski definition) is 3. The number of nitrogens with zero attached hydrogens (tertiary/aromatic N) is 1. The van der Waals surface area contributed by atoms with Crippen molar-refractivity contribution in [3.8, 4) is 0 Å². The van der Waals surface area contributed by atoms with Gasteiger partial charge in [0.1, 0.15) is 0 Å². The molecule has 2 fully saturated rings. The van der Waals surface area contributed by atoms with Crippen LogP contribution in [0.4, 0.5) is 0 Å². The molecule has 4 atom stereocenters. The van der Waals surface area contributed by atoms with Crippen LogP contribution in [0.3, 0.4) is 0 Å². The first-order valence-corrected chi connectivity index (χ1v) is 4.98. The van der Waals surface area contributed by atoms with E-state index in [2.05, 4.69) is 24.1 Å². The Morgan fingerprint density at radius 2 is 2.25 bits per heavy atom. The maximum absolute atomic E-state index is 5.96. The van der Waals surface area contributed by atoms with Crippen molar-refractivity contribution in [2.75, 3.05) is 13.1 Å². The van der Waals surface area contributed by atoms with Gasteiger partial charge in [0.2, 0.25) is 0 Å². The van der Waals surface area contributed by atoms with Gasteiger partial charge in [-0.1, -0.05) is 6.92 Å². The molecule has 2 heterocycles. The Morgan fingerprint density at radius 3 is 2.83 bits per heavy atom. The molecule has 12 heavy (non-hydrogen) atoms. The molecule has 2 rings (SSSR count). The Hall–Kier alpha value is -0.120. The summed E-state index contributed by atoms with van der Waals surface area (Å²) in [6.07, 6.45) is 1.19. The summed E-state index contributed by atoms with van der Waals surface area (Å²) in [6, 6.07) is 2.29. The molecule has 0 bridgehead atoms. The second-order valence-electron chi connectivity index (χ2n) is 4.19. The predicted molar refractivity (Wildman–Crippen MR) is 50.0 cm³/mol. The number of rotatable bonds is 1. The Kier molecular flexibility index (Phi) is 2.10. The lowest BCUT2D eigenvalue weighted by Gasteiger charge is -2.55. The zero-order valence-corrected chi connectivity index (χ0v) is 7.96. The summed E-state index contributed by atoms with van der Waals surface area (Å²) in [5, 5.41) is 3.61. The average Bonchev–Trinajstić information content (AvgIpc) is 2.01. The smallest absolute Gasteiger partial charge is 0.0414 e. The van der Waals surface area contributed by atoms with Crippen LogP contribution >= 0.6 is 0 Å². The van der Waals surface area contributed by atoms with Crippen molar-refractivity contribution in [1.82, 2.24) is 10.2 Å². The monoisotopic (exact) mass is 169 g/mol. The maximum atomic E-state index is 5.96. The maximum Gasteiger partial charge on any atom is 0.0414 e. The highest BCUT2D eigenvalue weighted by atomic mass is 15.3. The third-order valence-electron chi connectivity index (χ3n) is 3.16. The molecule has 0 aromatic heterocycles. The molecular formula is C9H19N3. The lowest BCUT2D eigenvalue weighted by Crippen LogP contribution is -2.76. The molecule has 4 unspecified atom stereocenters. The minimum absolute atomic E-state index is 0.412. The molecule has 2 aliphatic heterocycles. The molecule has 0 aromatic rings. The van der Waals surface area contributed by atoms with Gasteiger partial charge in [-0.15, -0.1) is 0 Å². The zero-order chi connectivity index (χ0) is 8.72. The van der Waals surface area contributed by atoms with Crippen LogP contribution in [0.15, 0.2) is 0 Å². The van der Waals surface area contributed by atoms with E-state index in [1.807, 2.05) is 0 Å². The minimum atomic E-state index is 0.412. The number of nitrogens with one attached hydrogen (secondary N) is 1. The Morgan fingerprint density at radius 1 is 1.50 bits per heavy atom. The second kappa shape index (κ2) is 2.98. The number of hydrogen-bond donors (Lipinski definition) is 2. The summed E-state index contributed by atoms with van der Waals surface area (Å²) >= 11 is 0. The predicted octanol–water partition coefficient (Wildman–Crippen LogP) is -0.232. The van der Waals surface area contributed by atoms with E-state index in [0.29, 0.717) is 24.2 Å². The van der Waals surface area contributed by atoms with Gasteiger partial charge in [-0.3, -0.25) is 4.90 Å². The fraction of sp³-hybridized carbons (Fsp3) is 1.00. The molecule has 3 N–H and O–H groups in total. The first-order valence-electron chi connectivity index (χ1n) is 4.98. The lowest BCUT2D eigenvalue weighted by atomic mass is 9.85. The summed E-state index contributed by atoms with van der Waals surface area (Å²) in [4.78, 5) is 2.51. The van der Waals surface area contributed by atoms with Gasteiger partial charge in [0, 0.05) is 37.3 Å². The van der Waals surface area contributed by atoms with Crippen molar-refractivity contribution < 1.29 is 0 Å². The molecule has 2 saturated heterocycles. The van der Waals surface area contributed by atoms with Crippen molar-refractivity contribution in [2.24, 2.45) is 5.73 Å². The molecule has 0 aliphatic carbocycles. The van der Waals surface area contributed by atoms with Gasteiger partial charge in [0.25, 0.3) is 0 Å². The summed E-state index contributed by atoms with van der Waals surface area (Å²) in [5.41, 5.74) is 5.96. The van der Waals surface area contributed by atoms with Crippen LogP contribution in [0.1, 0.15) is 20.3 Å². The quantitative estimate of drug-likeness (QED) is 0.569. The highest BCUT2D eigenvalue weighted by Gasteiger charge is 2.44. The van der Waals surface area contributed by atoms with Crippen molar-refractivity contribution in [3.63, 3.8) is 0 Å². The van der Waals surface area contributed by atoms with Crippen LogP contribution in [-0.4, -0.2) is 42.2 Å². The van der Waals surface area contributed by atoms with Crippen molar-refractivity contribution in [2.45, 2.75) is 44.4 Å². The average molecular weight is 169 g/mol. The SMILES string of the molecule is CCC1NC(C)CN2CC(N)C12. The van der Waals surface area contributed by atoms with Crippen molar-refractivity contribution >= 4 is 0 Å². The van der Waals surface area contributed by atoms with E-state index in [9.17, 15) is 0 Å². The van der Waals surface area contributed by atoms with E-state index in [1.54, 1.807) is 0 Å². The van der Waals surface area contributed by atoms with E-state index in [-0.39, 0.29) is 0 Å². The molecule has 0 radical (unpaired) electrons. The first kappa shape index (κ1) is 8.48. The van der Waals surface area contributed by atoms with E-state index in [0.717, 1.165) is 6.54 Å². The van der Waals surface area contributed by atoms with Crippen LogP contribution in [0.5, 0.6) is 0 Å². The highest BCUT2D eigenvalue weighted by molar-refractivity contribution is 5.05. The van der Waals surface area contributed by atoms with Gasteiger partial charge in [0.15, 0.2) is 0 Å². The van der Waals surface area contributed by atoms with E-state index in [4.69, 9.17) is 5.73 Å². The Labute approximate surface area is 74.3 Å². The van der Waals surface area contributed by atoms with Crippen LogP contribution in [0, 0.1) is 0 Å². The number of nitrogens with two attached hydrogens (primary N) is 1. The van der Waals surface area contributed by atoms with Crippen LogP contribution in [-0.2, 0) is 0 Å². The molecule has 0 aromatic carbocycles. The summed E-state index contributed by atoms with van der Waals surface area (Å²) in [6.45, 7) is 6.77. The van der Waals surface area contributed by atoms with E-state index < -0.39 is 0 Å². The molecule has 3 heteroatoms. The first-order chi connectivity index (χ1) is 5.72. The van der Waals surface area contributed by atoms with E-state index in [1.165, 1.54) is 13.0 Å². The van der Waals surface area contributed by atoms with Crippen molar-refractivity contribution in [1.29, 1.82) is 0 Å². The Bertz CT molecular complexity index is 171. The van der Waals surface area contributed by atoms with Gasteiger partial charge in [-0.2, -0.15) is 0 Å². The molecule has 70 valence electrons. The summed E-state index contributed by atoms with van der Waals surface area (Å²) in [7, 11) is 0. The molecule has 3 nitrogen and oxygen atoms in total. The number of fused-ring (bicyclic) bond motifs is 1. The Balaban J connectivity index is 2.02. The zero-order valence-electron chi connectivity index (χ0n) is 7.96. The fourth-order valence-corrected chi connectivity index (χ4v) is 2.61. The molecule has 2 aliphatic rings. The highest BCUT2D eigenvalue weighted by Crippen LogP contribution is 2.25. The largest absolute Gasteiger partial charge is 0.325 e. The van der Waals surface area contributed by atoms with Crippen LogP contribution < -0.4 is 11.1 Å². The second-order valence-corrected chi connectivity index (χ2v) is 4.19. The third-order valence-corrected chi connectivity index (χ3v) is 3.16.